The number of hydrogen-bond donors (Lipinski definition) is 1. The summed E-state index contributed by atoms with van der Waals surface area (Å²) in [5, 5.41) is 0. The molecule has 2 nitrogen and oxygen atoms in total. The molecule has 1 saturated carbocycles. The van der Waals surface area contributed by atoms with Crippen molar-refractivity contribution < 1.29 is 0 Å². The maximum Gasteiger partial charge on any atom is 0.0424 e. The van der Waals surface area contributed by atoms with Crippen LogP contribution in [-0.4, -0.2) is 24.0 Å². The van der Waals surface area contributed by atoms with Crippen LogP contribution in [0.4, 0.5) is 0 Å². The van der Waals surface area contributed by atoms with Crippen molar-refractivity contribution in [2.24, 2.45) is 11.7 Å². The third kappa shape index (κ3) is 4.63. The molecular weight excluding hydrogens is 232 g/mol. The summed E-state index contributed by atoms with van der Waals surface area (Å²) in [6.07, 6.45) is 3.99. The van der Waals surface area contributed by atoms with Crippen molar-refractivity contribution in [3.8, 4) is 0 Å². The third-order valence-corrected chi connectivity index (χ3v) is 3.96. The number of aryl methyl sites for hydroxylation is 1. The Bertz CT molecular complexity index is 396. The fraction of sp³-hybridized carbons (Fsp3) is 0.647. The van der Waals surface area contributed by atoms with Crippen LogP contribution in [-0.2, 0) is 0 Å². The summed E-state index contributed by atoms with van der Waals surface area (Å²) in [6, 6.07) is 9.57. The van der Waals surface area contributed by atoms with Crippen molar-refractivity contribution in [3.05, 3.63) is 35.4 Å². The molecule has 1 atom stereocenters. The zero-order valence-corrected chi connectivity index (χ0v) is 12.6. The van der Waals surface area contributed by atoms with Gasteiger partial charge in [0.25, 0.3) is 0 Å². The summed E-state index contributed by atoms with van der Waals surface area (Å²) in [7, 11) is 0. The summed E-state index contributed by atoms with van der Waals surface area (Å²) in [5.74, 6) is 0.774. The lowest BCUT2D eigenvalue weighted by molar-refractivity contribution is 0.233. The van der Waals surface area contributed by atoms with Crippen LogP contribution in [0.15, 0.2) is 24.3 Å². The number of nitrogens with two attached hydrogens (primary N) is 1. The van der Waals surface area contributed by atoms with Crippen molar-refractivity contribution >= 4 is 0 Å². The van der Waals surface area contributed by atoms with E-state index in [2.05, 4.69) is 49.9 Å². The molecule has 2 N–H and O–H groups in total. The van der Waals surface area contributed by atoms with Gasteiger partial charge >= 0.3 is 0 Å². The quantitative estimate of drug-likeness (QED) is 0.813. The molecule has 2 heteroatoms. The van der Waals surface area contributed by atoms with E-state index in [0.717, 1.165) is 18.5 Å². The molecule has 0 saturated heterocycles. The lowest BCUT2D eigenvalue weighted by Crippen LogP contribution is -2.35. The predicted molar refractivity (Wildman–Crippen MR) is 82.2 cm³/mol. The Balaban J connectivity index is 1.92. The lowest BCUT2D eigenvalue weighted by Gasteiger charge is -2.26. The van der Waals surface area contributed by atoms with Crippen molar-refractivity contribution in [3.63, 3.8) is 0 Å². The highest BCUT2D eigenvalue weighted by molar-refractivity contribution is 5.25. The van der Waals surface area contributed by atoms with E-state index in [1.54, 1.807) is 0 Å². The Kier molecular flexibility index (Phi) is 5.00. The molecule has 0 heterocycles. The molecule has 1 aliphatic rings. The van der Waals surface area contributed by atoms with E-state index in [-0.39, 0.29) is 6.04 Å². The molecule has 0 amide bonds. The fourth-order valence-corrected chi connectivity index (χ4v) is 2.55. The second-order valence-electron chi connectivity index (χ2n) is 6.43. The molecule has 0 aromatic heterocycles. The molecule has 2 rings (SSSR count). The van der Waals surface area contributed by atoms with Crippen LogP contribution < -0.4 is 5.73 Å². The molecule has 1 fully saturated rings. The lowest BCUT2D eigenvalue weighted by atomic mass is 10.0. The largest absolute Gasteiger partial charge is 0.323 e. The van der Waals surface area contributed by atoms with E-state index in [4.69, 9.17) is 5.73 Å². The van der Waals surface area contributed by atoms with E-state index < -0.39 is 0 Å². The summed E-state index contributed by atoms with van der Waals surface area (Å²) in [5.41, 5.74) is 8.97. The Labute approximate surface area is 118 Å². The smallest absolute Gasteiger partial charge is 0.0424 e. The number of benzene rings is 1. The normalized spacial score (nSPS) is 17.2. The summed E-state index contributed by atoms with van der Waals surface area (Å²) >= 11 is 0. The highest BCUT2D eigenvalue weighted by atomic mass is 15.2. The molecule has 106 valence electrons. The predicted octanol–water partition coefficient (Wildman–Crippen LogP) is 3.51. The highest BCUT2D eigenvalue weighted by Gasteiger charge is 2.29. The minimum absolute atomic E-state index is 0.146. The zero-order valence-electron chi connectivity index (χ0n) is 12.6. The first-order valence-corrected chi connectivity index (χ1v) is 7.62. The average molecular weight is 260 g/mol. The van der Waals surface area contributed by atoms with Crippen molar-refractivity contribution in [1.29, 1.82) is 0 Å². The monoisotopic (exact) mass is 260 g/mol. The molecule has 0 spiro atoms. The molecule has 1 unspecified atom stereocenters. The first-order valence-electron chi connectivity index (χ1n) is 7.62. The number of hydrogen-bond acceptors (Lipinski definition) is 2. The molecule has 1 aromatic rings. The maximum atomic E-state index is 6.40. The van der Waals surface area contributed by atoms with Crippen LogP contribution in [0.1, 0.15) is 50.3 Å². The van der Waals surface area contributed by atoms with Gasteiger partial charge in [-0.1, -0.05) is 43.7 Å². The molecular formula is C17H28N2. The summed E-state index contributed by atoms with van der Waals surface area (Å²) in [4.78, 5) is 2.60. The van der Waals surface area contributed by atoms with Gasteiger partial charge in [-0.25, -0.2) is 0 Å². The van der Waals surface area contributed by atoms with E-state index >= 15 is 0 Å². The Morgan fingerprint density at radius 3 is 2.63 bits per heavy atom. The zero-order chi connectivity index (χ0) is 13.8. The van der Waals surface area contributed by atoms with Crippen molar-refractivity contribution in [2.75, 3.05) is 13.1 Å². The highest BCUT2D eigenvalue weighted by Crippen LogP contribution is 2.29. The van der Waals surface area contributed by atoms with Gasteiger partial charge in [-0.2, -0.15) is 0 Å². The van der Waals surface area contributed by atoms with Crippen LogP contribution in [0, 0.1) is 12.8 Å². The fourth-order valence-electron chi connectivity index (χ4n) is 2.55. The maximum absolute atomic E-state index is 6.40. The Hall–Kier alpha value is -0.860. The van der Waals surface area contributed by atoms with Gasteiger partial charge in [0, 0.05) is 18.6 Å². The molecule has 0 bridgehead atoms. The first kappa shape index (κ1) is 14.5. The molecule has 19 heavy (non-hydrogen) atoms. The average Bonchev–Trinajstić information content (AvgIpc) is 3.18. The van der Waals surface area contributed by atoms with Crippen LogP contribution in [0.25, 0.3) is 0 Å². The Morgan fingerprint density at radius 2 is 2.05 bits per heavy atom. The summed E-state index contributed by atoms with van der Waals surface area (Å²) < 4.78 is 0. The van der Waals surface area contributed by atoms with Crippen molar-refractivity contribution in [1.82, 2.24) is 4.90 Å². The van der Waals surface area contributed by atoms with Gasteiger partial charge in [0.1, 0.15) is 0 Å². The van der Waals surface area contributed by atoms with Gasteiger partial charge < -0.3 is 5.73 Å². The third-order valence-electron chi connectivity index (χ3n) is 3.96. The molecule has 1 aliphatic carbocycles. The number of nitrogens with zero attached hydrogens (tertiary/aromatic N) is 1. The molecule has 0 radical (unpaired) electrons. The van der Waals surface area contributed by atoms with E-state index in [1.165, 1.54) is 36.9 Å². The minimum Gasteiger partial charge on any atom is -0.323 e. The van der Waals surface area contributed by atoms with Gasteiger partial charge in [-0.3, -0.25) is 4.90 Å². The SMILES string of the molecule is Cc1cccc(C(N)CN(CCC(C)C)C2CC2)c1. The van der Waals surface area contributed by atoms with Gasteiger partial charge in [-0.05, 0) is 44.2 Å². The van der Waals surface area contributed by atoms with Crippen LogP contribution in [0.3, 0.4) is 0 Å². The van der Waals surface area contributed by atoms with Gasteiger partial charge in [0.15, 0.2) is 0 Å². The molecule has 0 aliphatic heterocycles. The van der Waals surface area contributed by atoms with Crippen LogP contribution in [0.5, 0.6) is 0 Å². The van der Waals surface area contributed by atoms with Gasteiger partial charge in [-0.15, -0.1) is 0 Å². The van der Waals surface area contributed by atoms with E-state index in [1.807, 2.05) is 0 Å². The minimum atomic E-state index is 0.146. The van der Waals surface area contributed by atoms with Crippen LogP contribution in [0.2, 0.25) is 0 Å². The number of rotatable bonds is 7. The summed E-state index contributed by atoms with van der Waals surface area (Å²) in [6.45, 7) is 8.92. The van der Waals surface area contributed by atoms with Crippen molar-refractivity contribution in [2.45, 2.75) is 52.1 Å². The van der Waals surface area contributed by atoms with Gasteiger partial charge in [0.05, 0.1) is 0 Å². The first-order chi connectivity index (χ1) is 9.06. The van der Waals surface area contributed by atoms with Gasteiger partial charge in [0.2, 0.25) is 0 Å². The second kappa shape index (κ2) is 6.53. The van der Waals surface area contributed by atoms with Crippen LogP contribution >= 0.6 is 0 Å². The molecule has 1 aromatic carbocycles. The van der Waals surface area contributed by atoms with E-state index in [9.17, 15) is 0 Å². The Morgan fingerprint density at radius 1 is 1.32 bits per heavy atom. The van der Waals surface area contributed by atoms with E-state index in [0.29, 0.717) is 0 Å². The second-order valence-corrected chi connectivity index (χ2v) is 6.43. The standard InChI is InChI=1S/C17H28N2/c1-13(2)9-10-19(16-7-8-16)12-17(18)15-6-4-5-14(3)11-15/h4-6,11,13,16-17H,7-10,12,18H2,1-3H3. The topological polar surface area (TPSA) is 29.3 Å².